The second-order valence-corrected chi connectivity index (χ2v) is 8.62. The van der Waals surface area contributed by atoms with Gasteiger partial charge in [0.2, 0.25) is 0 Å². The summed E-state index contributed by atoms with van der Waals surface area (Å²) in [6, 6.07) is 8.57. The van der Waals surface area contributed by atoms with Crippen molar-refractivity contribution in [1.82, 2.24) is 15.2 Å². The van der Waals surface area contributed by atoms with Gasteiger partial charge in [-0.2, -0.15) is 13.2 Å². The van der Waals surface area contributed by atoms with Crippen LogP contribution in [0.2, 0.25) is 0 Å². The predicted molar refractivity (Wildman–Crippen MR) is 87.9 cm³/mol. The summed E-state index contributed by atoms with van der Waals surface area (Å²) in [4.78, 5) is 4.54. The van der Waals surface area contributed by atoms with E-state index in [0.717, 1.165) is 36.5 Å². The van der Waals surface area contributed by atoms with E-state index in [2.05, 4.69) is 15.2 Å². The Labute approximate surface area is 149 Å². The third-order valence-electron chi connectivity index (χ3n) is 7.56. The summed E-state index contributed by atoms with van der Waals surface area (Å²) < 4.78 is 40.5. The summed E-state index contributed by atoms with van der Waals surface area (Å²) in [6.45, 7) is 0. The van der Waals surface area contributed by atoms with Crippen LogP contribution in [0, 0.1) is 29.6 Å². The lowest BCUT2D eigenvalue weighted by atomic mass is 9.60. The molecule has 1 heterocycles. The van der Waals surface area contributed by atoms with E-state index in [1.165, 1.54) is 12.8 Å². The van der Waals surface area contributed by atoms with Crippen molar-refractivity contribution in [3.05, 3.63) is 41.9 Å². The van der Waals surface area contributed by atoms with Gasteiger partial charge in [-0.3, -0.25) is 0 Å². The first-order valence-corrected chi connectivity index (χ1v) is 9.35. The molecule has 2 aromatic rings. The van der Waals surface area contributed by atoms with Gasteiger partial charge in [0.05, 0.1) is 0 Å². The fraction of sp³-hybridized carbons (Fsp3) is 0.550. The molecule has 0 saturated heterocycles. The van der Waals surface area contributed by atoms with Crippen LogP contribution in [-0.2, 0) is 11.6 Å². The average molecular weight is 357 g/mol. The number of nitrogens with zero attached hydrogens (tertiary/aromatic N) is 3. The first-order chi connectivity index (χ1) is 12.5. The Hall–Kier alpha value is -1.98. The van der Waals surface area contributed by atoms with Gasteiger partial charge in [0.1, 0.15) is 5.69 Å². The largest absolute Gasteiger partial charge is 0.437 e. The van der Waals surface area contributed by atoms with E-state index in [4.69, 9.17) is 0 Å². The van der Waals surface area contributed by atoms with E-state index >= 15 is 0 Å². The molecule has 0 aliphatic heterocycles. The molecule has 4 aliphatic carbocycles. The average Bonchev–Trinajstić information content (AvgIpc) is 3.34. The van der Waals surface area contributed by atoms with Crippen LogP contribution in [0.1, 0.15) is 37.2 Å². The van der Waals surface area contributed by atoms with Gasteiger partial charge in [0, 0.05) is 11.0 Å². The van der Waals surface area contributed by atoms with Gasteiger partial charge < -0.3 is 0 Å². The van der Waals surface area contributed by atoms with Gasteiger partial charge in [-0.05, 0) is 55.3 Å². The zero-order valence-electron chi connectivity index (χ0n) is 14.1. The highest BCUT2D eigenvalue weighted by atomic mass is 19.4. The molecule has 6 bridgehead atoms. The smallest absolute Gasteiger partial charge is 0.228 e. The molecule has 3 unspecified atom stereocenters. The number of benzene rings is 1. The molecule has 4 saturated carbocycles. The lowest BCUT2D eigenvalue weighted by molar-refractivity contribution is -0.141. The van der Waals surface area contributed by atoms with Crippen molar-refractivity contribution in [1.29, 1.82) is 0 Å². The summed E-state index contributed by atoms with van der Waals surface area (Å²) in [6.07, 6.45) is 0.115. The van der Waals surface area contributed by atoms with Crippen LogP contribution < -0.4 is 0 Å². The molecular weight excluding hydrogens is 339 g/mol. The third-order valence-corrected chi connectivity index (χ3v) is 7.56. The quantitative estimate of drug-likeness (QED) is 0.795. The molecule has 3 atom stereocenters. The molecule has 0 N–H and O–H groups in total. The molecule has 0 amide bonds. The third kappa shape index (κ3) is 1.73. The molecule has 134 valence electrons. The van der Waals surface area contributed by atoms with E-state index in [0.29, 0.717) is 17.3 Å². The predicted octanol–water partition coefficient (Wildman–Crippen LogP) is 4.49. The zero-order valence-corrected chi connectivity index (χ0v) is 14.1. The number of hydrogen-bond acceptors (Lipinski definition) is 3. The van der Waals surface area contributed by atoms with Gasteiger partial charge in [0.25, 0.3) is 0 Å². The molecular formula is C20H18F3N3. The summed E-state index contributed by atoms with van der Waals surface area (Å²) in [5.41, 5.74) is -0.721. The maximum absolute atomic E-state index is 13.5. The molecule has 3 nitrogen and oxygen atoms in total. The van der Waals surface area contributed by atoms with Gasteiger partial charge in [-0.15, -0.1) is 10.2 Å². The molecule has 1 aromatic carbocycles. The molecule has 6 rings (SSSR count). The normalized spacial score (nSPS) is 39.3. The lowest BCUT2D eigenvalue weighted by Gasteiger charge is -2.44. The second kappa shape index (κ2) is 4.65. The van der Waals surface area contributed by atoms with E-state index in [1.807, 2.05) is 0 Å². The second-order valence-electron chi connectivity index (χ2n) is 8.62. The summed E-state index contributed by atoms with van der Waals surface area (Å²) in [7, 11) is 0. The van der Waals surface area contributed by atoms with E-state index in [1.54, 1.807) is 30.3 Å². The van der Waals surface area contributed by atoms with Gasteiger partial charge in [-0.1, -0.05) is 30.3 Å². The highest BCUT2D eigenvalue weighted by Gasteiger charge is 2.74. The monoisotopic (exact) mass is 357 g/mol. The van der Waals surface area contributed by atoms with Crippen LogP contribution in [0.25, 0.3) is 11.3 Å². The molecule has 6 heteroatoms. The van der Waals surface area contributed by atoms with Crippen molar-refractivity contribution >= 4 is 0 Å². The van der Waals surface area contributed by atoms with Crippen molar-refractivity contribution < 1.29 is 13.2 Å². The van der Waals surface area contributed by atoms with Gasteiger partial charge >= 0.3 is 6.18 Å². The van der Waals surface area contributed by atoms with Crippen LogP contribution in [0.3, 0.4) is 0 Å². The van der Waals surface area contributed by atoms with Crippen molar-refractivity contribution in [3.63, 3.8) is 0 Å². The highest BCUT2D eigenvalue weighted by molar-refractivity contribution is 5.62. The molecule has 0 radical (unpaired) electrons. The molecule has 26 heavy (non-hydrogen) atoms. The molecule has 4 fully saturated rings. The Balaban J connectivity index is 1.52. The standard InChI is InChI=1S/C20H18F3N3/c21-20(22,23)17-16(10-4-2-1-3-5-10)24-18(26-25-17)19-8-12-6-11-7-13(9-19)14(12)15(11)19/h1-5,11-15H,6-9H2. The Morgan fingerprint density at radius 2 is 1.62 bits per heavy atom. The first kappa shape index (κ1) is 15.1. The maximum atomic E-state index is 13.5. The Morgan fingerprint density at radius 1 is 0.923 bits per heavy atom. The summed E-state index contributed by atoms with van der Waals surface area (Å²) in [5.74, 6) is 4.06. The topological polar surface area (TPSA) is 38.7 Å². The molecule has 4 aliphatic rings. The van der Waals surface area contributed by atoms with Crippen molar-refractivity contribution in [2.24, 2.45) is 29.6 Å². The van der Waals surface area contributed by atoms with Crippen LogP contribution >= 0.6 is 0 Å². The minimum atomic E-state index is -4.56. The van der Waals surface area contributed by atoms with Crippen LogP contribution in [0.15, 0.2) is 30.3 Å². The number of halogens is 3. The van der Waals surface area contributed by atoms with Crippen LogP contribution in [0.5, 0.6) is 0 Å². The number of rotatable bonds is 2. The fourth-order valence-electron chi connectivity index (χ4n) is 7.17. The van der Waals surface area contributed by atoms with E-state index in [-0.39, 0.29) is 11.1 Å². The fourth-order valence-corrected chi connectivity index (χ4v) is 7.17. The number of hydrogen-bond donors (Lipinski definition) is 0. The van der Waals surface area contributed by atoms with Crippen molar-refractivity contribution in [2.75, 3.05) is 0 Å². The van der Waals surface area contributed by atoms with Crippen molar-refractivity contribution in [3.8, 4) is 11.3 Å². The maximum Gasteiger partial charge on any atom is 0.437 e. The van der Waals surface area contributed by atoms with E-state index in [9.17, 15) is 13.2 Å². The van der Waals surface area contributed by atoms with E-state index < -0.39 is 11.9 Å². The number of aromatic nitrogens is 3. The Kier molecular flexibility index (Phi) is 2.70. The Morgan fingerprint density at radius 3 is 2.19 bits per heavy atom. The summed E-state index contributed by atoms with van der Waals surface area (Å²) >= 11 is 0. The van der Waals surface area contributed by atoms with Crippen LogP contribution in [0.4, 0.5) is 13.2 Å². The minimum absolute atomic E-state index is 0.0719. The van der Waals surface area contributed by atoms with Gasteiger partial charge in [-0.25, -0.2) is 4.98 Å². The Bertz CT molecular complexity index is 879. The van der Waals surface area contributed by atoms with Crippen molar-refractivity contribution in [2.45, 2.75) is 37.3 Å². The summed E-state index contributed by atoms with van der Waals surface area (Å²) in [5, 5.41) is 7.74. The highest BCUT2D eigenvalue weighted by Crippen LogP contribution is 2.77. The zero-order chi connectivity index (χ0) is 17.7. The van der Waals surface area contributed by atoms with Crippen LogP contribution in [-0.4, -0.2) is 15.2 Å². The molecule has 0 spiro atoms. The van der Waals surface area contributed by atoms with Gasteiger partial charge in [0.15, 0.2) is 11.5 Å². The molecule has 1 aromatic heterocycles. The first-order valence-electron chi connectivity index (χ1n) is 9.35. The number of alkyl halides is 3. The lowest BCUT2D eigenvalue weighted by Crippen LogP contribution is -2.42. The minimum Gasteiger partial charge on any atom is -0.228 e. The SMILES string of the molecule is FC(F)(F)c1nnc(C23CC4CC5CC(C2)C4C53)nc1-c1ccccc1.